The van der Waals surface area contributed by atoms with Gasteiger partial charge in [0.15, 0.2) is 0 Å². The lowest BCUT2D eigenvalue weighted by Gasteiger charge is -2.15. The molecule has 2 rings (SSSR count). The van der Waals surface area contributed by atoms with E-state index in [2.05, 4.69) is 19.1 Å². The van der Waals surface area contributed by atoms with Crippen molar-refractivity contribution in [3.05, 3.63) is 53.6 Å². The SMILES string of the molecule is CCCCCc1cccc(OC)c1-c1ccccc1C#N. The number of rotatable bonds is 6. The van der Waals surface area contributed by atoms with Crippen LogP contribution in [0.1, 0.15) is 37.3 Å². The molecule has 2 heteroatoms. The zero-order chi connectivity index (χ0) is 15.1. The number of aryl methyl sites for hydroxylation is 1. The van der Waals surface area contributed by atoms with Crippen LogP contribution < -0.4 is 4.74 Å². The van der Waals surface area contributed by atoms with Gasteiger partial charge in [-0.2, -0.15) is 5.26 Å². The molecule has 2 aromatic carbocycles. The molecule has 2 nitrogen and oxygen atoms in total. The molecule has 0 bridgehead atoms. The summed E-state index contributed by atoms with van der Waals surface area (Å²) >= 11 is 0. The zero-order valence-corrected chi connectivity index (χ0v) is 12.7. The van der Waals surface area contributed by atoms with E-state index in [0.29, 0.717) is 5.56 Å². The molecule has 0 aromatic heterocycles. The topological polar surface area (TPSA) is 33.0 Å². The number of nitriles is 1. The molecule has 0 heterocycles. The predicted molar refractivity (Wildman–Crippen MR) is 86.4 cm³/mol. The second kappa shape index (κ2) is 7.50. The lowest BCUT2D eigenvalue weighted by molar-refractivity contribution is 0.416. The molecule has 0 aliphatic heterocycles. The molecule has 0 radical (unpaired) electrons. The molecule has 0 saturated heterocycles. The molecule has 0 aliphatic carbocycles. The second-order valence-electron chi connectivity index (χ2n) is 5.11. The Labute approximate surface area is 127 Å². The van der Waals surface area contributed by atoms with Crippen molar-refractivity contribution < 1.29 is 4.74 Å². The van der Waals surface area contributed by atoms with Gasteiger partial charge in [0, 0.05) is 11.1 Å². The van der Waals surface area contributed by atoms with Crippen molar-refractivity contribution >= 4 is 0 Å². The minimum absolute atomic E-state index is 0.693. The molecule has 0 unspecified atom stereocenters. The number of ether oxygens (including phenoxy) is 1. The lowest BCUT2D eigenvalue weighted by Crippen LogP contribution is -1.97. The minimum atomic E-state index is 0.693. The fraction of sp³-hybridized carbons (Fsp3) is 0.316. The number of nitrogens with zero attached hydrogens (tertiary/aromatic N) is 1. The number of hydrogen-bond acceptors (Lipinski definition) is 2. The fourth-order valence-corrected chi connectivity index (χ4v) is 2.62. The lowest BCUT2D eigenvalue weighted by atomic mass is 9.92. The van der Waals surface area contributed by atoms with Crippen molar-refractivity contribution in [3.8, 4) is 22.9 Å². The van der Waals surface area contributed by atoms with E-state index in [9.17, 15) is 5.26 Å². The van der Waals surface area contributed by atoms with Gasteiger partial charge in [0.05, 0.1) is 18.7 Å². The number of methoxy groups -OCH3 is 1. The van der Waals surface area contributed by atoms with Gasteiger partial charge in [-0.15, -0.1) is 0 Å². The van der Waals surface area contributed by atoms with Gasteiger partial charge in [-0.1, -0.05) is 50.1 Å². The highest BCUT2D eigenvalue weighted by atomic mass is 16.5. The van der Waals surface area contributed by atoms with Crippen LogP contribution in [0.2, 0.25) is 0 Å². The van der Waals surface area contributed by atoms with Gasteiger partial charge in [0.1, 0.15) is 5.75 Å². The largest absolute Gasteiger partial charge is 0.496 e. The van der Waals surface area contributed by atoms with Crippen LogP contribution in [0.3, 0.4) is 0 Å². The molecule has 0 aliphatic rings. The van der Waals surface area contributed by atoms with E-state index in [0.717, 1.165) is 29.7 Å². The summed E-state index contributed by atoms with van der Waals surface area (Å²) in [6.07, 6.45) is 4.59. The van der Waals surface area contributed by atoms with Crippen LogP contribution in [0.15, 0.2) is 42.5 Å². The smallest absolute Gasteiger partial charge is 0.127 e. The van der Waals surface area contributed by atoms with E-state index in [1.807, 2.05) is 36.4 Å². The summed E-state index contributed by atoms with van der Waals surface area (Å²) in [5.74, 6) is 0.840. The van der Waals surface area contributed by atoms with E-state index in [-0.39, 0.29) is 0 Å². The molecule has 0 N–H and O–H groups in total. The minimum Gasteiger partial charge on any atom is -0.496 e. The van der Waals surface area contributed by atoms with Crippen LogP contribution in [0.5, 0.6) is 5.75 Å². The molecule has 2 aromatic rings. The molecule has 0 amide bonds. The van der Waals surface area contributed by atoms with E-state index >= 15 is 0 Å². The van der Waals surface area contributed by atoms with Crippen molar-refractivity contribution in [2.75, 3.05) is 7.11 Å². The third-order valence-corrected chi connectivity index (χ3v) is 3.70. The average Bonchev–Trinajstić information content (AvgIpc) is 2.54. The highest BCUT2D eigenvalue weighted by Gasteiger charge is 2.14. The summed E-state index contributed by atoms with van der Waals surface area (Å²) in [5.41, 5.74) is 3.97. The predicted octanol–water partition coefficient (Wildman–Crippen LogP) is 4.97. The maximum atomic E-state index is 9.36. The third-order valence-electron chi connectivity index (χ3n) is 3.70. The molecule has 108 valence electrons. The van der Waals surface area contributed by atoms with Crippen LogP contribution in [-0.4, -0.2) is 7.11 Å². The Kier molecular flexibility index (Phi) is 5.40. The summed E-state index contributed by atoms with van der Waals surface area (Å²) in [5, 5.41) is 9.36. The maximum Gasteiger partial charge on any atom is 0.127 e. The Morgan fingerprint density at radius 1 is 1.05 bits per heavy atom. The van der Waals surface area contributed by atoms with Crippen molar-refractivity contribution in [1.29, 1.82) is 5.26 Å². The zero-order valence-electron chi connectivity index (χ0n) is 12.7. The molecular weight excluding hydrogens is 258 g/mol. The van der Waals surface area contributed by atoms with Gasteiger partial charge in [0.2, 0.25) is 0 Å². The number of hydrogen-bond donors (Lipinski definition) is 0. The normalized spacial score (nSPS) is 10.1. The summed E-state index contributed by atoms with van der Waals surface area (Å²) < 4.78 is 5.54. The molecule has 0 spiro atoms. The maximum absolute atomic E-state index is 9.36. The monoisotopic (exact) mass is 279 g/mol. The van der Waals surface area contributed by atoms with E-state index in [4.69, 9.17) is 4.74 Å². The van der Waals surface area contributed by atoms with Gasteiger partial charge in [-0.05, 0) is 30.5 Å². The molecule has 0 saturated carbocycles. The third kappa shape index (κ3) is 3.44. The molecular formula is C19H21NO. The Bertz CT molecular complexity index is 640. The van der Waals surface area contributed by atoms with Crippen molar-refractivity contribution in [2.45, 2.75) is 32.6 Å². The van der Waals surface area contributed by atoms with Crippen molar-refractivity contribution in [1.82, 2.24) is 0 Å². The standard InChI is InChI=1S/C19H21NO/c1-3-4-5-9-15-11-8-13-18(21-2)19(15)17-12-7-6-10-16(17)14-20/h6-8,10-13H,3-5,9H2,1-2H3. The van der Waals surface area contributed by atoms with Gasteiger partial charge in [-0.3, -0.25) is 0 Å². The average molecular weight is 279 g/mol. The quantitative estimate of drug-likeness (QED) is 0.700. The molecule has 0 fully saturated rings. The second-order valence-corrected chi connectivity index (χ2v) is 5.11. The first-order valence-electron chi connectivity index (χ1n) is 7.47. The highest BCUT2D eigenvalue weighted by Crippen LogP contribution is 2.36. The first kappa shape index (κ1) is 15.1. The molecule has 21 heavy (non-hydrogen) atoms. The van der Waals surface area contributed by atoms with E-state index in [1.54, 1.807) is 7.11 Å². The Morgan fingerprint density at radius 2 is 1.86 bits per heavy atom. The van der Waals surface area contributed by atoms with Gasteiger partial charge < -0.3 is 4.74 Å². The van der Waals surface area contributed by atoms with Crippen LogP contribution in [0, 0.1) is 11.3 Å². The van der Waals surface area contributed by atoms with Gasteiger partial charge in [0.25, 0.3) is 0 Å². The summed E-state index contributed by atoms with van der Waals surface area (Å²) in [6.45, 7) is 2.21. The van der Waals surface area contributed by atoms with Crippen LogP contribution >= 0.6 is 0 Å². The first-order valence-corrected chi connectivity index (χ1v) is 7.47. The fourth-order valence-electron chi connectivity index (χ4n) is 2.62. The van der Waals surface area contributed by atoms with Crippen LogP contribution in [0.4, 0.5) is 0 Å². The summed E-state index contributed by atoms with van der Waals surface area (Å²) in [7, 11) is 1.68. The first-order chi connectivity index (χ1) is 10.3. The Morgan fingerprint density at radius 3 is 2.57 bits per heavy atom. The highest BCUT2D eigenvalue weighted by molar-refractivity contribution is 5.78. The number of unbranched alkanes of at least 4 members (excludes halogenated alkanes) is 2. The van der Waals surface area contributed by atoms with Gasteiger partial charge in [-0.25, -0.2) is 0 Å². The Balaban J connectivity index is 2.52. The van der Waals surface area contributed by atoms with Gasteiger partial charge >= 0.3 is 0 Å². The van der Waals surface area contributed by atoms with Crippen LogP contribution in [-0.2, 0) is 6.42 Å². The van der Waals surface area contributed by atoms with E-state index in [1.165, 1.54) is 18.4 Å². The van der Waals surface area contributed by atoms with Crippen molar-refractivity contribution in [2.24, 2.45) is 0 Å². The summed E-state index contributed by atoms with van der Waals surface area (Å²) in [6, 6.07) is 16.1. The molecule has 0 atom stereocenters. The Hall–Kier alpha value is -2.27. The summed E-state index contributed by atoms with van der Waals surface area (Å²) in [4.78, 5) is 0. The number of benzene rings is 2. The van der Waals surface area contributed by atoms with Crippen molar-refractivity contribution in [3.63, 3.8) is 0 Å². The van der Waals surface area contributed by atoms with Crippen LogP contribution in [0.25, 0.3) is 11.1 Å². The van der Waals surface area contributed by atoms with E-state index < -0.39 is 0 Å².